The summed E-state index contributed by atoms with van der Waals surface area (Å²) in [4.78, 5) is 24.9. The summed E-state index contributed by atoms with van der Waals surface area (Å²) in [5, 5.41) is 2.71. The van der Waals surface area contributed by atoms with E-state index in [0.29, 0.717) is 6.42 Å². The summed E-state index contributed by atoms with van der Waals surface area (Å²) in [7, 11) is 0. The van der Waals surface area contributed by atoms with E-state index in [9.17, 15) is 9.59 Å². The Labute approximate surface area is 104 Å². The van der Waals surface area contributed by atoms with Gasteiger partial charge in [0.25, 0.3) is 0 Å². The van der Waals surface area contributed by atoms with Crippen molar-refractivity contribution in [2.75, 3.05) is 19.6 Å². The topological polar surface area (TPSA) is 49.4 Å². The van der Waals surface area contributed by atoms with Crippen LogP contribution < -0.4 is 5.32 Å². The molecule has 1 saturated heterocycles. The third-order valence-electron chi connectivity index (χ3n) is 3.15. The maximum absolute atomic E-state index is 11.6. The maximum Gasteiger partial charge on any atom is 0.241 e. The summed E-state index contributed by atoms with van der Waals surface area (Å²) in [5.41, 5.74) is 0. The third-order valence-corrected chi connectivity index (χ3v) is 3.15. The molecule has 0 aromatic heterocycles. The van der Waals surface area contributed by atoms with E-state index in [1.165, 1.54) is 12.8 Å². The first-order valence-electron chi connectivity index (χ1n) is 6.78. The van der Waals surface area contributed by atoms with Gasteiger partial charge in [-0.2, -0.15) is 0 Å². The second-order valence-electron chi connectivity index (χ2n) is 4.68. The van der Waals surface area contributed by atoms with Crippen molar-refractivity contribution in [1.82, 2.24) is 10.2 Å². The van der Waals surface area contributed by atoms with E-state index >= 15 is 0 Å². The zero-order chi connectivity index (χ0) is 12.5. The van der Waals surface area contributed by atoms with Gasteiger partial charge in [-0.15, -0.1) is 0 Å². The molecular weight excluding hydrogens is 216 g/mol. The van der Waals surface area contributed by atoms with Crippen molar-refractivity contribution in [2.24, 2.45) is 0 Å². The van der Waals surface area contributed by atoms with Crippen LogP contribution in [0.15, 0.2) is 0 Å². The standard InChI is InChI=1S/C13H24N2O2/c1-2-3-4-5-8-12(16)14-11-13(17)15-9-6-7-10-15/h2-11H2,1H3,(H,14,16). The molecule has 4 heteroatoms. The van der Waals surface area contributed by atoms with Gasteiger partial charge in [0.2, 0.25) is 11.8 Å². The van der Waals surface area contributed by atoms with Crippen LogP contribution in [0.3, 0.4) is 0 Å². The maximum atomic E-state index is 11.6. The number of carbonyl (C=O) groups excluding carboxylic acids is 2. The Morgan fingerprint density at radius 1 is 1.12 bits per heavy atom. The molecule has 0 aromatic carbocycles. The van der Waals surface area contributed by atoms with Gasteiger partial charge in [0.15, 0.2) is 0 Å². The average Bonchev–Trinajstić information content (AvgIpc) is 2.85. The second kappa shape index (κ2) is 8.09. The summed E-state index contributed by atoms with van der Waals surface area (Å²) < 4.78 is 0. The molecule has 0 bridgehead atoms. The minimum atomic E-state index is 0.00801. The highest BCUT2D eigenvalue weighted by molar-refractivity contribution is 5.84. The van der Waals surface area contributed by atoms with Crippen LogP contribution in [0.5, 0.6) is 0 Å². The zero-order valence-corrected chi connectivity index (χ0v) is 10.8. The third kappa shape index (κ3) is 5.71. The van der Waals surface area contributed by atoms with Crippen LogP contribution in [0.25, 0.3) is 0 Å². The molecule has 0 aliphatic carbocycles. The summed E-state index contributed by atoms with van der Waals surface area (Å²) in [6.45, 7) is 4.03. The molecule has 1 heterocycles. The van der Waals surface area contributed by atoms with Crippen molar-refractivity contribution in [2.45, 2.75) is 51.9 Å². The van der Waals surface area contributed by atoms with Crippen molar-refractivity contribution < 1.29 is 9.59 Å². The molecule has 0 unspecified atom stereocenters. The highest BCUT2D eigenvalue weighted by Crippen LogP contribution is 2.07. The first-order chi connectivity index (χ1) is 8.24. The highest BCUT2D eigenvalue weighted by Gasteiger charge is 2.17. The summed E-state index contributed by atoms with van der Waals surface area (Å²) >= 11 is 0. The molecule has 17 heavy (non-hydrogen) atoms. The van der Waals surface area contributed by atoms with Gasteiger partial charge < -0.3 is 10.2 Å². The molecule has 1 rings (SSSR count). The van der Waals surface area contributed by atoms with Crippen LogP contribution in [0, 0.1) is 0 Å². The van der Waals surface area contributed by atoms with E-state index in [-0.39, 0.29) is 18.4 Å². The Morgan fingerprint density at radius 2 is 1.82 bits per heavy atom. The monoisotopic (exact) mass is 240 g/mol. The number of nitrogens with one attached hydrogen (secondary N) is 1. The Kier molecular flexibility index (Phi) is 6.67. The fourth-order valence-electron chi connectivity index (χ4n) is 2.05. The predicted octanol–water partition coefficient (Wildman–Crippen LogP) is 1.70. The SMILES string of the molecule is CCCCCCC(=O)NCC(=O)N1CCCC1. The normalized spacial score (nSPS) is 15.0. The van der Waals surface area contributed by atoms with Crippen molar-refractivity contribution in [3.8, 4) is 0 Å². The smallest absolute Gasteiger partial charge is 0.241 e. The van der Waals surface area contributed by atoms with Crippen molar-refractivity contribution in [3.05, 3.63) is 0 Å². The summed E-state index contributed by atoms with van der Waals surface area (Å²) in [6, 6.07) is 0. The molecule has 0 spiro atoms. The largest absolute Gasteiger partial charge is 0.347 e. The van der Waals surface area contributed by atoms with Crippen LogP contribution in [0.4, 0.5) is 0 Å². The fourth-order valence-corrected chi connectivity index (χ4v) is 2.05. The number of hydrogen-bond acceptors (Lipinski definition) is 2. The molecular formula is C13H24N2O2. The lowest BCUT2D eigenvalue weighted by Crippen LogP contribution is -2.38. The number of nitrogens with zero attached hydrogens (tertiary/aromatic N) is 1. The van der Waals surface area contributed by atoms with Gasteiger partial charge in [-0.3, -0.25) is 9.59 Å². The molecule has 98 valence electrons. The van der Waals surface area contributed by atoms with Gasteiger partial charge in [-0.05, 0) is 19.3 Å². The van der Waals surface area contributed by atoms with Gasteiger partial charge in [0.05, 0.1) is 6.54 Å². The quantitative estimate of drug-likeness (QED) is 0.688. The van der Waals surface area contributed by atoms with Gasteiger partial charge in [0, 0.05) is 19.5 Å². The van der Waals surface area contributed by atoms with Gasteiger partial charge in [-0.25, -0.2) is 0 Å². The van der Waals surface area contributed by atoms with Crippen molar-refractivity contribution in [3.63, 3.8) is 0 Å². The molecule has 1 fully saturated rings. The number of rotatable bonds is 7. The number of likely N-dealkylation sites (tertiary alicyclic amines) is 1. The summed E-state index contributed by atoms with van der Waals surface area (Å²) in [5.74, 6) is 0.0676. The number of hydrogen-bond donors (Lipinski definition) is 1. The Balaban J connectivity index is 2.04. The molecule has 4 nitrogen and oxygen atoms in total. The van der Waals surface area contributed by atoms with E-state index in [4.69, 9.17) is 0 Å². The number of unbranched alkanes of at least 4 members (excludes halogenated alkanes) is 3. The van der Waals surface area contributed by atoms with Gasteiger partial charge in [-0.1, -0.05) is 26.2 Å². The van der Waals surface area contributed by atoms with E-state index in [1.807, 2.05) is 4.90 Å². The van der Waals surface area contributed by atoms with Gasteiger partial charge in [0.1, 0.15) is 0 Å². The summed E-state index contributed by atoms with van der Waals surface area (Å²) in [6.07, 6.45) is 7.12. The fraction of sp³-hybridized carbons (Fsp3) is 0.846. The van der Waals surface area contributed by atoms with Crippen molar-refractivity contribution in [1.29, 1.82) is 0 Å². The Bertz CT molecular complexity index is 248. The van der Waals surface area contributed by atoms with E-state index in [0.717, 1.165) is 38.8 Å². The van der Waals surface area contributed by atoms with Gasteiger partial charge >= 0.3 is 0 Å². The van der Waals surface area contributed by atoms with E-state index in [2.05, 4.69) is 12.2 Å². The minimum Gasteiger partial charge on any atom is -0.347 e. The minimum absolute atomic E-state index is 0.00801. The van der Waals surface area contributed by atoms with E-state index < -0.39 is 0 Å². The molecule has 0 aromatic rings. The number of carbonyl (C=O) groups is 2. The second-order valence-corrected chi connectivity index (χ2v) is 4.68. The molecule has 0 radical (unpaired) electrons. The average molecular weight is 240 g/mol. The van der Waals surface area contributed by atoms with Crippen LogP contribution in [-0.2, 0) is 9.59 Å². The molecule has 0 saturated carbocycles. The van der Waals surface area contributed by atoms with E-state index in [1.54, 1.807) is 0 Å². The predicted molar refractivity (Wildman–Crippen MR) is 67.6 cm³/mol. The molecule has 0 atom stereocenters. The molecule has 2 amide bonds. The first kappa shape index (κ1) is 14.0. The Hall–Kier alpha value is -1.06. The first-order valence-corrected chi connectivity index (χ1v) is 6.78. The number of amides is 2. The lowest BCUT2D eigenvalue weighted by molar-refractivity contribution is -0.132. The van der Waals surface area contributed by atoms with Crippen molar-refractivity contribution >= 4 is 11.8 Å². The highest BCUT2D eigenvalue weighted by atomic mass is 16.2. The lowest BCUT2D eigenvalue weighted by atomic mass is 10.1. The van der Waals surface area contributed by atoms with Crippen LogP contribution in [0.1, 0.15) is 51.9 Å². The van der Waals surface area contributed by atoms with Crippen LogP contribution in [0.2, 0.25) is 0 Å². The lowest BCUT2D eigenvalue weighted by Gasteiger charge is -2.15. The molecule has 1 aliphatic heterocycles. The van der Waals surface area contributed by atoms with Crippen LogP contribution in [-0.4, -0.2) is 36.3 Å². The Morgan fingerprint density at radius 3 is 2.47 bits per heavy atom. The zero-order valence-electron chi connectivity index (χ0n) is 10.8. The molecule has 1 N–H and O–H groups in total. The van der Waals surface area contributed by atoms with Crippen LogP contribution >= 0.6 is 0 Å². The molecule has 1 aliphatic rings.